The summed E-state index contributed by atoms with van der Waals surface area (Å²) in [5.74, 6) is 1.29. The van der Waals surface area contributed by atoms with E-state index in [0.29, 0.717) is 29.0 Å². The summed E-state index contributed by atoms with van der Waals surface area (Å²) < 4.78 is 1.67. The molecule has 1 aliphatic rings. The zero-order valence-electron chi connectivity index (χ0n) is 19.5. The normalized spacial score (nSPS) is 14.1. The van der Waals surface area contributed by atoms with Crippen LogP contribution in [0.1, 0.15) is 31.4 Å². The molecule has 0 saturated carbocycles. The van der Waals surface area contributed by atoms with Gasteiger partial charge in [-0.1, -0.05) is 0 Å². The molecule has 3 aromatic heterocycles. The lowest BCUT2D eigenvalue weighted by atomic mass is 9.95. The molecule has 4 rings (SSSR count). The van der Waals surface area contributed by atoms with E-state index in [1.54, 1.807) is 30.2 Å². The smallest absolute Gasteiger partial charge is 0.220 e. The van der Waals surface area contributed by atoms with E-state index in [9.17, 15) is 10.1 Å². The molecule has 0 atom stereocenters. The third-order valence-electron chi connectivity index (χ3n) is 5.78. The zero-order valence-corrected chi connectivity index (χ0v) is 19.5. The van der Waals surface area contributed by atoms with Gasteiger partial charge in [0.1, 0.15) is 11.9 Å². The number of rotatable bonds is 8. The van der Waals surface area contributed by atoms with E-state index in [1.165, 1.54) is 6.21 Å². The molecule has 4 heterocycles. The van der Waals surface area contributed by atoms with Crippen LogP contribution in [0.15, 0.2) is 43.0 Å². The van der Waals surface area contributed by atoms with Crippen molar-refractivity contribution in [2.24, 2.45) is 5.92 Å². The number of nitrogens with zero attached hydrogens (tertiary/aromatic N) is 5. The summed E-state index contributed by atoms with van der Waals surface area (Å²) in [4.78, 5) is 18.8. The second kappa shape index (κ2) is 9.75. The summed E-state index contributed by atoms with van der Waals surface area (Å²) in [6.45, 7) is 5.53. The third-order valence-corrected chi connectivity index (χ3v) is 5.78. The first-order chi connectivity index (χ1) is 16.4. The number of aromatic nitrogens is 3. The highest BCUT2D eigenvalue weighted by atomic mass is 16.1. The van der Waals surface area contributed by atoms with Crippen molar-refractivity contribution >= 4 is 29.0 Å². The van der Waals surface area contributed by atoms with Crippen LogP contribution in [0.3, 0.4) is 0 Å². The predicted octanol–water partition coefficient (Wildman–Crippen LogP) is 2.83. The van der Waals surface area contributed by atoms with Gasteiger partial charge in [-0.25, -0.2) is 9.50 Å². The molecule has 1 amide bonds. The van der Waals surface area contributed by atoms with Crippen molar-refractivity contribution < 1.29 is 4.79 Å². The number of carbonyl (C=O) groups excluding carboxylic acids is 1. The average Bonchev–Trinajstić information content (AvgIpc) is 3.22. The van der Waals surface area contributed by atoms with E-state index in [4.69, 9.17) is 5.41 Å². The number of hydrogen-bond donors (Lipinski definition) is 3. The van der Waals surface area contributed by atoms with Crippen molar-refractivity contribution in [3.8, 4) is 17.2 Å². The minimum absolute atomic E-state index is 0.0950. The Bertz CT molecular complexity index is 1280. The highest BCUT2D eigenvalue weighted by Crippen LogP contribution is 2.32. The Morgan fingerprint density at radius 3 is 2.76 bits per heavy atom. The monoisotopic (exact) mass is 456 g/mol. The van der Waals surface area contributed by atoms with Crippen molar-refractivity contribution in [2.75, 3.05) is 25.0 Å². The maximum absolute atomic E-state index is 12.0. The van der Waals surface area contributed by atoms with Crippen LogP contribution in [0.25, 0.3) is 22.2 Å². The molecule has 0 aliphatic carbocycles. The number of nitriles is 1. The van der Waals surface area contributed by atoms with Crippen molar-refractivity contribution in [1.29, 1.82) is 10.7 Å². The fourth-order valence-corrected chi connectivity index (χ4v) is 4.21. The topological polar surface area (TPSA) is 122 Å². The SMILES string of the molecule is CN/C=C(\C=N)c1cc(-c2ccc(N3CC(CC(=O)NC(C)C)C3)nc2)c2c(C#N)cnn2c1. The third kappa shape index (κ3) is 4.62. The van der Waals surface area contributed by atoms with Crippen molar-refractivity contribution in [1.82, 2.24) is 25.2 Å². The number of pyridine rings is 2. The highest BCUT2D eigenvalue weighted by molar-refractivity contribution is 6.08. The van der Waals surface area contributed by atoms with Gasteiger partial charge in [0.2, 0.25) is 5.91 Å². The Hall–Kier alpha value is -4.19. The lowest BCUT2D eigenvalue weighted by molar-refractivity contribution is -0.122. The molecule has 1 aliphatic heterocycles. The van der Waals surface area contributed by atoms with Gasteiger partial charge in [0.25, 0.3) is 0 Å². The molecule has 0 radical (unpaired) electrons. The van der Waals surface area contributed by atoms with Crippen molar-refractivity contribution in [2.45, 2.75) is 26.3 Å². The van der Waals surface area contributed by atoms with Crippen LogP contribution in [-0.4, -0.2) is 52.9 Å². The number of fused-ring (bicyclic) bond motifs is 1. The quantitative estimate of drug-likeness (QED) is 0.448. The summed E-state index contributed by atoms with van der Waals surface area (Å²) in [6, 6.07) is 8.27. The first-order valence-corrected chi connectivity index (χ1v) is 11.2. The maximum atomic E-state index is 12.0. The number of nitrogens with one attached hydrogen (secondary N) is 3. The first-order valence-electron chi connectivity index (χ1n) is 11.2. The molecule has 9 heteroatoms. The molecule has 0 bridgehead atoms. The molecule has 1 saturated heterocycles. The standard InChI is InChI=1S/C25H28N8O/c1-16(2)31-24(34)6-17-13-32(14-17)23-5-4-18(11-29-23)22-7-19(20(8-26)10-28-3)15-33-25(22)21(9-27)12-30-33/h4-5,7-8,10-12,15-17,26,28H,6,13-14H2,1-3H3,(H,31,34)/b20-10+,26-8?. The van der Waals surface area contributed by atoms with E-state index in [0.717, 1.165) is 35.6 Å². The van der Waals surface area contributed by atoms with E-state index < -0.39 is 0 Å². The zero-order chi connectivity index (χ0) is 24.2. The molecule has 3 N–H and O–H groups in total. The van der Waals surface area contributed by atoms with Gasteiger partial charge in [0, 0.05) is 85.6 Å². The van der Waals surface area contributed by atoms with Crippen LogP contribution < -0.4 is 15.5 Å². The van der Waals surface area contributed by atoms with Crippen LogP contribution in [0, 0.1) is 22.7 Å². The molecule has 0 unspecified atom stereocenters. The largest absolute Gasteiger partial charge is 0.393 e. The number of amides is 1. The van der Waals surface area contributed by atoms with Crippen LogP contribution in [0.5, 0.6) is 0 Å². The second-order valence-electron chi connectivity index (χ2n) is 8.74. The summed E-state index contributed by atoms with van der Waals surface area (Å²) in [5.41, 5.74) is 4.35. The lowest BCUT2D eigenvalue weighted by Gasteiger charge is -2.40. The van der Waals surface area contributed by atoms with Gasteiger partial charge in [-0.05, 0) is 32.0 Å². The van der Waals surface area contributed by atoms with E-state index in [2.05, 4.69) is 31.7 Å². The lowest BCUT2D eigenvalue weighted by Crippen LogP contribution is -2.49. The molecule has 0 spiro atoms. The van der Waals surface area contributed by atoms with Crippen molar-refractivity contribution in [3.63, 3.8) is 0 Å². The number of hydrogen-bond acceptors (Lipinski definition) is 7. The van der Waals surface area contributed by atoms with Crippen LogP contribution >= 0.6 is 0 Å². The average molecular weight is 457 g/mol. The Labute approximate surface area is 198 Å². The Kier molecular flexibility index (Phi) is 6.59. The predicted molar refractivity (Wildman–Crippen MR) is 133 cm³/mol. The number of carbonyl (C=O) groups is 1. The van der Waals surface area contributed by atoms with E-state index >= 15 is 0 Å². The second-order valence-corrected chi connectivity index (χ2v) is 8.74. The minimum atomic E-state index is 0.0950. The molecule has 0 aromatic carbocycles. The molecular weight excluding hydrogens is 428 g/mol. The van der Waals surface area contributed by atoms with Crippen LogP contribution in [0.4, 0.5) is 5.82 Å². The van der Waals surface area contributed by atoms with Crippen molar-refractivity contribution in [3.05, 3.63) is 54.1 Å². The van der Waals surface area contributed by atoms with E-state index in [-0.39, 0.29) is 11.9 Å². The number of anilines is 1. The summed E-state index contributed by atoms with van der Waals surface area (Å²) >= 11 is 0. The van der Waals surface area contributed by atoms with E-state index in [1.807, 2.05) is 38.2 Å². The van der Waals surface area contributed by atoms with Gasteiger partial charge >= 0.3 is 0 Å². The molecule has 3 aromatic rings. The fourth-order valence-electron chi connectivity index (χ4n) is 4.21. The summed E-state index contributed by atoms with van der Waals surface area (Å²) in [5, 5.41) is 27.6. The molecule has 34 heavy (non-hydrogen) atoms. The Morgan fingerprint density at radius 1 is 1.35 bits per heavy atom. The molecular formula is C25H28N8O. The minimum Gasteiger partial charge on any atom is -0.393 e. The van der Waals surface area contributed by atoms with Gasteiger partial charge in [-0.2, -0.15) is 10.4 Å². The van der Waals surface area contributed by atoms with Gasteiger partial charge < -0.3 is 20.9 Å². The number of allylic oxidation sites excluding steroid dienone is 1. The van der Waals surface area contributed by atoms with Gasteiger partial charge in [-0.15, -0.1) is 0 Å². The van der Waals surface area contributed by atoms with Crippen LogP contribution in [0.2, 0.25) is 0 Å². The highest BCUT2D eigenvalue weighted by Gasteiger charge is 2.29. The fraction of sp³-hybridized carbons (Fsp3) is 0.320. The Morgan fingerprint density at radius 2 is 2.15 bits per heavy atom. The molecule has 174 valence electrons. The van der Waals surface area contributed by atoms with Crippen LogP contribution in [-0.2, 0) is 4.79 Å². The van der Waals surface area contributed by atoms with Gasteiger partial charge in [-0.3, -0.25) is 4.79 Å². The van der Waals surface area contributed by atoms with Gasteiger partial charge in [0.05, 0.1) is 17.3 Å². The molecule has 1 fully saturated rings. The maximum Gasteiger partial charge on any atom is 0.220 e. The Balaban J connectivity index is 1.59. The summed E-state index contributed by atoms with van der Waals surface area (Å²) in [6.07, 6.45) is 8.71. The molecule has 9 nitrogen and oxygen atoms in total. The summed E-state index contributed by atoms with van der Waals surface area (Å²) in [7, 11) is 1.78. The van der Waals surface area contributed by atoms with Gasteiger partial charge in [0.15, 0.2) is 0 Å². The first kappa shape index (κ1) is 23.0.